The van der Waals surface area contributed by atoms with Crippen LogP contribution >= 0.6 is 0 Å². The number of fused-ring (bicyclic) bond motifs is 1. The molecule has 1 aliphatic heterocycles. The Kier molecular flexibility index (Phi) is 3.78. The minimum absolute atomic E-state index is 0.378. The van der Waals surface area contributed by atoms with Gasteiger partial charge in [-0.3, -0.25) is 0 Å². The van der Waals surface area contributed by atoms with E-state index in [4.69, 9.17) is 0 Å². The second-order valence-electron chi connectivity index (χ2n) is 3.90. The molecule has 2 nitrogen and oxygen atoms in total. The van der Waals surface area contributed by atoms with E-state index in [2.05, 4.69) is 11.3 Å². The van der Waals surface area contributed by atoms with Crippen LogP contribution in [0.25, 0.3) is 10.8 Å². The molecule has 0 spiro atoms. The molecule has 2 aromatic carbocycles. The number of hydrogen-bond donors (Lipinski definition) is 1. The van der Waals surface area contributed by atoms with Crippen molar-refractivity contribution < 1.29 is 9.84 Å². The molecule has 2 heteroatoms. The Labute approximate surface area is 101 Å². The highest BCUT2D eigenvalue weighted by atomic mass is 16.6. The molecule has 0 amide bonds. The minimum Gasteiger partial charge on any atom is -0.507 e. The average Bonchev–Trinajstić information content (AvgIpc) is 3.21. The molecule has 3 rings (SSSR count). The van der Waals surface area contributed by atoms with Crippen molar-refractivity contribution >= 4 is 10.8 Å². The molecule has 0 unspecified atom stereocenters. The molecule has 0 bridgehead atoms. The first-order valence-electron chi connectivity index (χ1n) is 5.71. The summed E-state index contributed by atoms with van der Waals surface area (Å²) in [5, 5.41) is 11.9. The molecular formula is C15H16O2. The summed E-state index contributed by atoms with van der Waals surface area (Å²) in [6, 6.07) is 11.8. The van der Waals surface area contributed by atoms with Gasteiger partial charge in [-0.15, -0.1) is 6.58 Å². The van der Waals surface area contributed by atoms with E-state index in [0.29, 0.717) is 12.2 Å². The van der Waals surface area contributed by atoms with Gasteiger partial charge in [-0.1, -0.05) is 42.5 Å². The highest BCUT2D eigenvalue weighted by Gasteiger charge is 2.03. The molecule has 0 aromatic heterocycles. The molecular weight excluding hydrogens is 212 g/mol. The molecule has 2 aromatic rings. The average molecular weight is 228 g/mol. The van der Waals surface area contributed by atoms with Crippen LogP contribution < -0.4 is 0 Å². The Morgan fingerprint density at radius 3 is 2.53 bits per heavy atom. The minimum atomic E-state index is 0.378. The Balaban J connectivity index is 0.000000313. The molecule has 0 saturated carbocycles. The monoisotopic (exact) mass is 228 g/mol. The lowest BCUT2D eigenvalue weighted by molar-refractivity contribution is 0.475. The van der Waals surface area contributed by atoms with Crippen LogP contribution in [0.4, 0.5) is 0 Å². The fraction of sp³-hybridized carbons (Fsp3) is 0.200. The third kappa shape index (κ3) is 3.08. The van der Waals surface area contributed by atoms with Gasteiger partial charge in [0, 0.05) is 5.39 Å². The summed E-state index contributed by atoms with van der Waals surface area (Å²) in [5.41, 5.74) is 0.929. The number of aromatic hydroxyl groups is 1. The second-order valence-corrected chi connectivity index (χ2v) is 3.90. The number of allylic oxidation sites excluding steroid dienone is 1. The summed E-state index contributed by atoms with van der Waals surface area (Å²) < 4.78 is 4.50. The van der Waals surface area contributed by atoms with Crippen LogP contribution in [-0.4, -0.2) is 18.3 Å². The maximum Gasteiger partial charge on any atom is 0.126 e. The lowest BCUT2D eigenvalue weighted by Crippen LogP contribution is -1.83. The van der Waals surface area contributed by atoms with Crippen LogP contribution in [0.1, 0.15) is 5.56 Å². The largest absolute Gasteiger partial charge is 0.507 e. The lowest BCUT2D eigenvalue weighted by Gasteiger charge is -2.05. The Morgan fingerprint density at radius 1 is 1.18 bits per heavy atom. The first kappa shape index (κ1) is 11.7. The zero-order valence-corrected chi connectivity index (χ0v) is 9.73. The fourth-order valence-electron chi connectivity index (χ4n) is 1.62. The number of ether oxygens (including phenoxy) is 1. The number of epoxide rings is 1. The van der Waals surface area contributed by atoms with Crippen LogP contribution in [0.3, 0.4) is 0 Å². The van der Waals surface area contributed by atoms with Gasteiger partial charge in [-0.25, -0.2) is 0 Å². The molecule has 0 radical (unpaired) electrons. The van der Waals surface area contributed by atoms with Gasteiger partial charge < -0.3 is 9.84 Å². The van der Waals surface area contributed by atoms with Crippen LogP contribution in [0, 0.1) is 0 Å². The van der Waals surface area contributed by atoms with Crippen LogP contribution in [0.5, 0.6) is 5.75 Å². The summed E-state index contributed by atoms with van der Waals surface area (Å²) in [6.45, 7) is 5.67. The van der Waals surface area contributed by atoms with Gasteiger partial charge in [-0.05, 0) is 17.4 Å². The maximum atomic E-state index is 9.93. The maximum absolute atomic E-state index is 9.93. The normalized spacial score (nSPS) is 12.7. The van der Waals surface area contributed by atoms with Crippen LogP contribution in [0.15, 0.2) is 49.1 Å². The molecule has 1 aliphatic rings. The number of benzene rings is 2. The van der Waals surface area contributed by atoms with E-state index in [1.807, 2.05) is 36.4 Å². The Bertz CT molecular complexity index is 513. The number of phenols is 1. The van der Waals surface area contributed by atoms with Crippen molar-refractivity contribution in [3.8, 4) is 5.75 Å². The van der Waals surface area contributed by atoms with Gasteiger partial charge >= 0.3 is 0 Å². The number of phenolic OH excluding ortho intramolecular Hbond substituents is 1. The van der Waals surface area contributed by atoms with E-state index in [1.165, 1.54) is 0 Å². The molecule has 1 fully saturated rings. The predicted octanol–water partition coefficient (Wildman–Crippen LogP) is 3.29. The zero-order chi connectivity index (χ0) is 12.1. The van der Waals surface area contributed by atoms with Gasteiger partial charge in [0.15, 0.2) is 0 Å². The highest BCUT2D eigenvalue weighted by molar-refractivity contribution is 5.89. The van der Waals surface area contributed by atoms with E-state index in [0.717, 1.165) is 29.5 Å². The molecule has 1 saturated heterocycles. The van der Waals surface area contributed by atoms with Crippen molar-refractivity contribution in [1.29, 1.82) is 0 Å². The Morgan fingerprint density at radius 2 is 1.88 bits per heavy atom. The standard InChI is InChI=1S/C13H12O.C2H4O/c1-2-5-11-9-8-10-6-3-4-7-12(10)13(11)14;1-2-3-1/h2-4,6-9,14H,1,5H2;1-2H2. The van der Waals surface area contributed by atoms with Gasteiger partial charge in [0.05, 0.1) is 13.2 Å². The smallest absolute Gasteiger partial charge is 0.126 e. The van der Waals surface area contributed by atoms with E-state index < -0.39 is 0 Å². The van der Waals surface area contributed by atoms with E-state index in [-0.39, 0.29) is 0 Å². The van der Waals surface area contributed by atoms with E-state index in [9.17, 15) is 5.11 Å². The summed E-state index contributed by atoms with van der Waals surface area (Å²) in [5.74, 6) is 0.378. The van der Waals surface area contributed by atoms with Crippen molar-refractivity contribution in [1.82, 2.24) is 0 Å². The molecule has 1 N–H and O–H groups in total. The van der Waals surface area contributed by atoms with Gasteiger partial charge in [0.25, 0.3) is 0 Å². The number of rotatable bonds is 2. The highest BCUT2D eigenvalue weighted by Crippen LogP contribution is 2.28. The third-order valence-corrected chi connectivity index (χ3v) is 2.55. The molecule has 88 valence electrons. The summed E-state index contributed by atoms with van der Waals surface area (Å²) in [7, 11) is 0. The van der Waals surface area contributed by atoms with Crippen molar-refractivity contribution in [3.05, 3.63) is 54.6 Å². The van der Waals surface area contributed by atoms with Crippen LogP contribution in [0.2, 0.25) is 0 Å². The van der Waals surface area contributed by atoms with Gasteiger partial charge in [0.2, 0.25) is 0 Å². The van der Waals surface area contributed by atoms with Crippen LogP contribution in [-0.2, 0) is 11.2 Å². The number of hydrogen-bond acceptors (Lipinski definition) is 2. The second kappa shape index (κ2) is 5.51. The first-order valence-corrected chi connectivity index (χ1v) is 5.71. The molecule has 0 atom stereocenters. The van der Waals surface area contributed by atoms with Crippen molar-refractivity contribution in [2.45, 2.75) is 6.42 Å². The third-order valence-electron chi connectivity index (χ3n) is 2.55. The quantitative estimate of drug-likeness (QED) is 0.632. The van der Waals surface area contributed by atoms with E-state index >= 15 is 0 Å². The van der Waals surface area contributed by atoms with Gasteiger partial charge in [0.1, 0.15) is 5.75 Å². The lowest BCUT2D eigenvalue weighted by atomic mass is 10.0. The zero-order valence-electron chi connectivity index (χ0n) is 9.73. The van der Waals surface area contributed by atoms with E-state index in [1.54, 1.807) is 6.08 Å². The summed E-state index contributed by atoms with van der Waals surface area (Å²) in [6.07, 6.45) is 2.50. The van der Waals surface area contributed by atoms with Crippen molar-refractivity contribution in [2.24, 2.45) is 0 Å². The van der Waals surface area contributed by atoms with Crippen molar-refractivity contribution in [3.63, 3.8) is 0 Å². The SMILES string of the molecule is C1CO1.C=CCc1ccc2ccccc2c1O. The van der Waals surface area contributed by atoms with Crippen molar-refractivity contribution in [2.75, 3.05) is 13.2 Å². The Hall–Kier alpha value is -1.80. The predicted molar refractivity (Wildman–Crippen MR) is 70.3 cm³/mol. The first-order chi connectivity index (χ1) is 8.33. The summed E-state index contributed by atoms with van der Waals surface area (Å²) >= 11 is 0. The summed E-state index contributed by atoms with van der Waals surface area (Å²) in [4.78, 5) is 0. The van der Waals surface area contributed by atoms with Gasteiger partial charge in [-0.2, -0.15) is 0 Å². The molecule has 17 heavy (non-hydrogen) atoms. The molecule has 0 aliphatic carbocycles. The molecule has 1 heterocycles. The topological polar surface area (TPSA) is 32.8 Å². The fourth-order valence-corrected chi connectivity index (χ4v) is 1.62.